The minimum Gasteiger partial charge on any atom is -0.373 e. The molecule has 2 aromatic heterocycles. The van der Waals surface area contributed by atoms with Gasteiger partial charge < -0.3 is 5.32 Å². The number of nitrogens with zero attached hydrogens (tertiary/aromatic N) is 2. The molecule has 0 aliphatic heterocycles. The number of thiophene rings is 1. The van der Waals surface area contributed by atoms with Crippen molar-refractivity contribution in [2.75, 3.05) is 12.4 Å². The van der Waals surface area contributed by atoms with Gasteiger partial charge in [-0.1, -0.05) is 23.2 Å². The lowest BCUT2D eigenvalue weighted by atomic mass is 10.2. The van der Waals surface area contributed by atoms with Gasteiger partial charge in [0.05, 0.1) is 15.4 Å². The zero-order valence-electron chi connectivity index (χ0n) is 10.2. The smallest absolute Gasteiger partial charge is 0.164 e. The van der Waals surface area contributed by atoms with Gasteiger partial charge in [0.15, 0.2) is 5.82 Å². The molecule has 7 heteroatoms. The average Bonchev–Trinajstić information content (AvgIpc) is 2.76. The van der Waals surface area contributed by atoms with Crippen LogP contribution in [0.2, 0.25) is 8.67 Å². The van der Waals surface area contributed by atoms with Crippen molar-refractivity contribution >= 4 is 51.3 Å². The molecule has 0 unspecified atom stereocenters. The number of fused-ring (bicyclic) bond motifs is 1. The molecule has 1 aromatic carbocycles. The number of halogens is 3. The Morgan fingerprint density at radius 2 is 2.00 bits per heavy atom. The van der Waals surface area contributed by atoms with Gasteiger partial charge in [0.2, 0.25) is 0 Å². The molecule has 0 saturated heterocycles. The summed E-state index contributed by atoms with van der Waals surface area (Å²) in [6.07, 6.45) is 0. The van der Waals surface area contributed by atoms with E-state index in [1.807, 2.05) is 0 Å². The highest BCUT2D eigenvalue weighted by Crippen LogP contribution is 2.37. The van der Waals surface area contributed by atoms with Crippen molar-refractivity contribution in [3.05, 3.63) is 38.8 Å². The van der Waals surface area contributed by atoms with Crippen molar-refractivity contribution in [2.45, 2.75) is 0 Å². The molecule has 1 N–H and O–H groups in total. The molecule has 0 fully saturated rings. The third kappa shape index (κ3) is 2.32. The Labute approximate surface area is 128 Å². The van der Waals surface area contributed by atoms with E-state index in [1.54, 1.807) is 19.2 Å². The predicted molar refractivity (Wildman–Crippen MR) is 82.4 cm³/mol. The van der Waals surface area contributed by atoms with Gasteiger partial charge in [0, 0.05) is 18.5 Å². The number of benzene rings is 1. The monoisotopic (exact) mass is 327 g/mol. The highest BCUT2D eigenvalue weighted by molar-refractivity contribution is 7.20. The van der Waals surface area contributed by atoms with Crippen molar-refractivity contribution < 1.29 is 4.39 Å². The van der Waals surface area contributed by atoms with Crippen LogP contribution in [0.3, 0.4) is 0 Å². The lowest BCUT2D eigenvalue weighted by molar-refractivity contribution is 0.629. The molecule has 0 spiro atoms. The number of anilines is 1. The quantitative estimate of drug-likeness (QED) is 0.731. The molecular formula is C13H8Cl2FN3S. The number of nitrogens with one attached hydrogen (secondary N) is 1. The van der Waals surface area contributed by atoms with E-state index < -0.39 is 0 Å². The zero-order valence-corrected chi connectivity index (χ0v) is 12.6. The molecule has 0 amide bonds. The molecule has 3 nitrogen and oxygen atoms in total. The molecule has 3 aromatic rings. The van der Waals surface area contributed by atoms with Gasteiger partial charge in [-0.05, 0) is 18.2 Å². The van der Waals surface area contributed by atoms with Crippen molar-refractivity contribution in [3.8, 4) is 11.4 Å². The van der Waals surface area contributed by atoms with Crippen LogP contribution in [0.15, 0.2) is 24.3 Å². The summed E-state index contributed by atoms with van der Waals surface area (Å²) in [6, 6.07) is 6.08. The lowest BCUT2D eigenvalue weighted by Gasteiger charge is -2.07. The van der Waals surface area contributed by atoms with Crippen LogP contribution in [-0.2, 0) is 0 Å². The summed E-state index contributed by atoms with van der Waals surface area (Å²) in [5.41, 5.74) is 1.15. The molecule has 3 rings (SSSR count). The molecule has 102 valence electrons. The summed E-state index contributed by atoms with van der Waals surface area (Å²) in [7, 11) is 1.75. The van der Waals surface area contributed by atoms with E-state index in [0.717, 1.165) is 5.39 Å². The molecular weight excluding hydrogens is 320 g/mol. The summed E-state index contributed by atoms with van der Waals surface area (Å²) >= 11 is 13.3. The summed E-state index contributed by atoms with van der Waals surface area (Å²) in [5, 5.41) is 3.73. The molecule has 0 aliphatic rings. The summed E-state index contributed by atoms with van der Waals surface area (Å²) < 4.78 is 14.4. The SMILES string of the molecule is CNc1nc(-c2cc(Cl)sc2Cl)nc2cc(F)ccc12. The van der Waals surface area contributed by atoms with Gasteiger partial charge >= 0.3 is 0 Å². The maximum Gasteiger partial charge on any atom is 0.164 e. The van der Waals surface area contributed by atoms with Crippen LogP contribution >= 0.6 is 34.5 Å². The van der Waals surface area contributed by atoms with Crippen LogP contribution in [-0.4, -0.2) is 17.0 Å². The minimum absolute atomic E-state index is 0.348. The van der Waals surface area contributed by atoms with Crippen LogP contribution in [0.1, 0.15) is 0 Å². The first kappa shape index (κ1) is 13.5. The standard InChI is InChI=1S/C13H8Cl2FN3S/c1-17-12-7-3-2-6(16)4-9(7)18-13(19-12)8-5-10(14)20-11(8)15/h2-5H,1H3,(H,17,18,19). The fourth-order valence-corrected chi connectivity index (χ4v) is 3.36. The van der Waals surface area contributed by atoms with Crippen LogP contribution in [0, 0.1) is 5.82 Å². The van der Waals surface area contributed by atoms with E-state index in [0.29, 0.717) is 31.4 Å². The minimum atomic E-state index is -0.348. The first-order valence-corrected chi connectivity index (χ1v) is 7.26. The normalized spacial score (nSPS) is 11.0. The van der Waals surface area contributed by atoms with Gasteiger partial charge in [-0.15, -0.1) is 11.3 Å². The largest absolute Gasteiger partial charge is 0.373 e. The van der Waals surface area contributed by atoms with E-state index in [-0.39, 0.29) is 5.82 Å². The fourth-order valence-electron chi connectivity index (χ4n) is 1.91. The molecule has 0 atom stereocenters. The van der Waals surface area contributed by atoms with Gasteiger partial charge in [-0.2, -0.15) is 0 Å². The van der Waals surface area contributed by atoms with Crippen molar-refractivity contribution in [1.29, 1.82) is 0 Å². The Morgan fingerprint density at radius 3 is 2.65 bits per heavy atom. The van der Waals surface area contributed by atoms with Crippen molar-refractivity contribution in [2.24, 2.45) is 0 Å². The van der Waals surface area contributed by atoms with E-state index in [2.05, 4.69) is 15.3 Å². The van der Waals surface area contributed by atoms with E-state index in [9.17, 15) is 4.39 Å². The highest BCUT2D eigenvalue weighted by Gasteiger charge is 2.14. The molecule has 20 heavy (non-hydrogen) atoms. The maximum atomic E-state index is 13.4. The molecule has 0 aliphatic carbocycles. The van der Waals surface area contributed by atoms with Crippen LogP contribution in [0.4, 0.5) is 10.2 Å². The number of rotatable bonds is 2. The third-order valence-corrected chi connectivity index (χ3v) is 4.28. The Kier molecular flexibility index (Phi) is 3.50. The maximum absolute atomic E-state index is 13.4. The summed E-state index contributed by atoms with van der Waals surface area (Å²) in [4.78, 5) is 8.77. The Bertz CT molecular complexity index is 804. The molecule has 0 saturated carbocycles. The van der Waals surface area contributed by atoms with E-state index in [1.165, 1.54) is 23.5 Å². The Balaban J connectivity index is 2.29. The summed E-state index contributed by atoms with van der Waals surface area (Å²) in [5.74, 6) is 0.683. The van der Waals surface area contributed by atoms with Crippen molar-refractivity contribution in [3.63, 3.8) is 0 Å². The summed E-state index contributed by atoms with van der Waals surface area (Å²) in [6.45, 7) is 0. The fraction of sp³-hybridized carbons (Fsp3) is 0.0769. The second-order valence-corrected chi connectivity index (χ2v) is 6.33. The Morgan fingerprint density at radius 1 is 1.20 bits per heavy atom. The van der Waals surface area contributed by atoms with E-state index in [4.69, 9.17) is 23.2 Å². The van der Waals surface area contributed by atoms with E-state index >= 15 is 0 Å². The highest BCUT2D eigenvalue weighted by atomic mass is 35.5. The second-order valence-electron chi connectivity index (χ2n) is 4.05. The first-order chi connectivity index (χ1) is 9.58. The average molecular weight is 328 g/mol. The van der Waals surface area contributed by atoms with Crippen LogP contribution in [0.5, 0.6) is 0 Å². The Hall–Kier alpha value is -1.43. The third-order valence-electron chi connectivity index (χ3n) is 2.79. The van der Waals surface area contributed by atoms with Crippen molar-refractivity contribution in [1.82, 2.24) is 9.97 Å². The number of hydrogen-bond donors (Lipinski definition) is 1. The number of hydrogen-bond acceptors (Lipinski definition) is 4. The van der Waals surface area contributed by atoms with Gasteiger partial charge in [0.25, 0.3) is 0 Å². The molecule has 2 heterocycles. The first-order valence-electron chi connectivity index (χ1n) is 5.69. The van der Waals surface area contributed by atoms with Crippen LogP contribution < -0.4 is 5.32 Å². The zero-order chi connectivity index (χ0) is 14.3. The molecule has 0 radical (unpaired) electrons. The number of aromatic nitrogens is 2. The topological polar surface area (TPSA) is 37.8 Å². The van der Waals surface area contributed by atoms with Gasteiger partial charge in [0.1, 0.15) is 16.0 Å². The second kappa shape index (κ2) is 5.16. The van der Waals surface area contributed by atoms with Gasteiger partial charge in [-0.3, -0.25) is 0 Å². The molecule has 0 bridgehead atoms. The van der Waals surface area contributed by atoms with Crippen LogP contribution in [0.25, 0.3) is 22.3 Å². The lowest BCUT2D eigenvalue weighted by Crippen LogP contribution is -1.98. The predicted octanol–water partition coefficient (Wildman–Crippen LogP) is 4.85. The van der Waals surface area contributed by atoms with Gasteiger partial charge in [-0.25, -0.2) is 14.4 Å².